The van der Waals surface area contributed by atoms with Crippen LogP contribution in [-0.2, 0) is 5.41 Å². The summed E-state index contributed by atoms with van der Waals surface area (Å²) in [5.74, 6) is 0. The first-order valence-corrected chi connectivity index (χ1v) is 13.4. The molecule has 0 N–H and O–H groups in total. The van der Waals surface area contributed by atoms with E-state index in [0.717, 1.165) is 12.8 Å². The van der Waals surface area contributed by atoms with E-state index in [9.17, 15) is 0 Å². The average molecular weight is 561 g/mol. The minimum Gasteiger partial charge on any atom is -0.282 e. The monoisotopic (exact) mass is 561 g/mol. The Morgan fingerprint density at radius 2 is 1.49 bits per heavy atom. The average Bonchev–Trinajstić information content (AvgIpc) is 3.44. The topological polar surface area (TPSA) is 4.93 Å². The van der Waals surface area contributed by atoms with Crippen LogP contribution in [0.1, 0.15) is 46.2 Å². The SMILES string of the molecule is Cc1ccc2c(c1)C1(C3=C(CCC=C3)c3ccccc31)c1cc3c(cc1-2)c1cc(C)ccc1n3I. The van der Waals surface area contributed by atoms with Gasteiger partial charge in [0.2, 0.25) is 0 Å². The number of rotatable bonds is 0. The second kappa shape index (κ2) is 6.76. The summed E-state index contributed by atoms with van der Waals surface area (Å²) in [7, 11) is 0. The van der Waals surface area contributed by atoms with Crippen LogP contribution in [0.15, 0.2) is 90.5 Å². The zero-order chi connectivity index (χ0) is 23.5. The third-order valence-electron chi connectivity index (χ3n) is 8.51. The van der Waals surface area contributed by atoms with Crippen molar-refractivity contribution in [2.75, 3.05) is 0 Å². The van der Waals surface area contributed by atoms with E-state index in [0.29, 0.717) is 0 Å². The Bertz CT molecular complexity index is 1830. The van der Waals surface area contributed by atoms with Gasteiger partial charge >= 0.3 is 0 Å². The molecule has 3 aliphatic rings. The van der Waals surface area contributed by atoms with Crippen molar-refractivity contribution in [3.05, 3.63) is 124 Å². The molecular weight excluding hydrogens is 537 g/mol. The molecule has 1 nitrogen and oxygen atoms in total. The largest absolute Gasteiger partial charge is 0.282 e. The fourth-order valence-corrected chi connectivity index (χ4v) is 7.93. The lowest BCUT2D eigenvalue weighted by Gasteiger charge is -2.32. The van der Waals surface area contributed by atoms with Crippen LogP contribution in [-0.4, -0.2) is 2.78 Å². The highest BCUT2D eigenvalue weighted by Crippen LogP contribution is 2.64. The Balaban J connectivity index is 1.59. The van der Waals surface area contributed by atoms with Gasteiger partial charge in [-0.15, -0.1) is 0 Å². The molecule has 1 heterocycles. The molecule has 4 aromatic carbocycles. The lowest BCUT2D eigenvalue weighted by atomic mass is 9.69. The molecule has 35 heavy (non-hydrogen) atoms. The van der Waals surface area contributed by atoms with Crippen molar-refractivity contribution >= 4 is 50.2 Å². The molecule has 1 spiro atoms. The van der Waals surface area contributed by atoms with Gasteiger partial charge in [-0.1, -0.05) is 71.8 Å². The van der Waals surface area contributed by atoms with Gasteiger partial charge in [-0.3, -0.25) is 2.78 Å². The van der Waals surface area contributed by atoms with Gasteiger partial charge in [0.15, 0.2) is 0 Å². The van der Waals surface area contributed by atoms with E-state index < -0.39 is 0 Å². The van der Waals surface area contributed by atoms with Gasteiger partial charge in [0, 0.05) is 10.8 Å². The van der Waals surface area contributed by atoms with Crippen LogP contribution in [0.2, 0.25) is 0 Å². The maximum absolute atomic E-state index is 2.51. The van der Waals surface area contributed by atoms with Crippen LogP contribution in [0.3, 0.4) is 0 Å². The quantitative estimate of drug-likeness (QED) is 0.166. The number of allylic oxidation sites excluding steroid dienone is 4. The molecule has 8 rings (SSSR count). The van der Waals surface area contributed by atoms with Crippen molar-refractivity contribution in [1.29, 1.82) is 0 Å². The Labute approximate surface area is 219 Å². The van der Waals surface area contributed by atoms with Gasteiger partial charge in [0.25, 0.3) is 0 Å². The van der Waals surface area contributed by atoms with Crippen LogP contribution in [0, 0.1) is 13.8 Å². The van der Waals surface area contributed by atoms with Crippen LogP contribution < -0.4 is 0 Å². The van der Waals surface area contributed by atoms with E-state index >= 15 is 0 Å². The molecule has 0 saturated heterocycles. The second-order valence-corrected chi connectivity index (χ2v) is 11.4. The first kappa shape index (κ1) is 20.1. The summed E-state index contributed by atoms with van der Waals surface area (Å²) in [6.45, 7) is 4.42. The minimum absolute atomic E-state index is 0.239. The fraction of sp³-hybridized carbons (Fsp3) is 0.152. The highest BCUT2D eigenvalue weighted by atomic mass is 127. The number of nitrogens with zero attached hydrogens (tertiary/aromatic N) is 1. The van der Waals surface area contributed by atoms with E-state index in [-0.39, 0.29) is 5.41 Å². The zero-order valence-corrected chi connectivity index (χ0v) is 22.0. The van der Waals surface area contributed by atoms with Crippen molar-refractivity contribution < 1.29 is 0 Å². The molecule has 1 unspecified atom stereocenters. The van der Waals surface area contributed by atoms with Crippen LogP contribution in [0.4, 0.5) is 0 Å². The predicted octanol–water partition coefficient (Wildman–Crippen LogP) is 9.04. The third kappa shape index (κ3) is 2.34. The lowest BCUT2D eigenvalue weighted by Crippen LogP contribution is -2.27. The van der Waals surface area contributed by atoms with Crippen molar-refractivity contribution in [2.24, 2.45) is 0 Å². The molecule has 168 valence electrons. The van der Waals surface area contributed by atoms with Gasteiger partial charge in [-0.25, -0.2) is 0 Å². The van der Waals surface area contributed by atoms with E-state index in [4.69, 9.17) is 0 Å². The molecular formula is C33H24IN. The number of fused-ring (bicyclic) bond motifs is 12. The summed E-state index contributed by atoms with van der Waals surface area (Å²) in [6.07, 6.45) is 7.07. The summed E-state index contributed by atoms with van der Waals surface area (Å²) >= 11 is 2.49. The Hall–Kier alpha value is -3.11. The molecule has 1 atom stereocenters. The molecule has 0 amide bonds. The van der Waals surface area contributed by atoms with E-state index in [1.54, 1.807) is 0 Å². The van der Waals surface area contributed by atoms with Gasteiger partial charge in [0.1, 0.15) is 0 Å². The summed E-state index contributed by atoms with van der Waals surface area (Å²) in [4.78, 5) is 0. The van der Waals surface area contributed by atoms with Crippen LogP contribution >= 0.6 is 22.9 Å². The van der Waals surface area contributed by atoms with E-state index in [1.807, 2.05) is 0 Å². The first-order chi connectivity index (χ1) is 17.1. The molecule has 0 radical (unpaired) electrons. The lowest BCUT2D eigenvalue weighted by molar-refractivity contribution is 0.780. The maximum Gasteiger partial charge on any atom is 0.0723 e. The van der Waals surface area contributed by atoms with Gasteiger partial charge in [-0.2, -0.15) is 0 Å². The molecule has 0 aliphatic heterocycles. The number of hydrogen-bond donors (Lipinski definition) is 0. The molecule has 0 fully saturated rings. The third-order valence-corrected chi connectivity index (χ3v) is 9.54. The van der Waals surface area contributed by atoms with E-state index in [1.165, 1.54) is 77.5 Å². The number of aryl methyl sites for hydroxylation is 2. The van der Waals surface area contributed by atoms with Crippen LogP contribution in [0.25, 0.3) is 38.5 Å². The fourth-order valence-electron chi connectivity index (χ4n) is 7.11. The summed E-state index contributed by atoms with van der Waals surface area (Å²) in [6, 6.07) is 28.1. The maximum atomic E-state index is 2.51. The number of benzene rings is 4. The van der Waals surface area contributed by atoms with E-state index in [2.05, 4.69) is 124 Å². The molecule has 5 aromatic rings. The normalized spacial score (nSPS) is 19.5. The van der Waals surface area contributed by atoms with Gasteiger partial charge < -0.3 is 0 Å². The summed E-state index contributed by atoms with van der Waals surface area (Å²) < 4.78 is 2.36. The van der Waals surface area contributed by atoms with Crippen molar-refractivity contribution in [1.82, 2.24) is 2.78 Å². The van der Waals surface area contributed by atoms with Gasteiger partial charge in [-0.05, 0) is 95.5 Å². The highest BCUT2D eigenvalue weighted by Gasteiger charge is 2.52. The van der Waals surface area contributed by atoms with Crippen molar-refractivity contribution in [3.8, 4) is 11.1 Å². The van der Waals surface area contributed by atoms with Crippen molar-refractivity contribution in [2.45, 2.75) is 32.1 Å². The molecule has 3 aliphatic carbocycles. The minimum atomic E-state index is -0.239. The zero-order valence-electron chi connectivity index (χ0n) is 19.8. The molecule has 1 aromatic heterocycles. The number of hydrogen-bond acceptors (Lipinski definition) is 0. The molecule has 0 bridgehead atoms. The Morgan fingerprint density at radius 3 is 2.40 bits per heavy atom. The number of aromatic nitrogens is 1. The van der Waals surface area contributed by atoms with Crippen LogP contribution in [0.5, 0.6) is 0 Å². The van der Waals surface area contributed by atoms with Gasteiger partial charge in [0.05, 0.1) is 39.3 Å². The summed E-state index contributed by atoms with van der Waals surface area (Å²) in [5, 5.41) is 2.69. The highest BCUT2D eigenvalue weighted by molar-refractivity contribution is 14.1. The molecule has 2 heteroatoms. The molecule has 0 saturated carbocycles. The second-order valence-electron chi connectivity index (χ2n) is 10.4. The predicted molar refractivity (Wildman–Crippen MR) is 155 cm³/mol. The van der Waals surface area contributed by atoms with Crippen molar-refractivity contribution in [3.63, 3.8) is 0 Å². The first-order valence-electron chi connectivity index (χ1n) is 12.5. The Kier molecular flexibility index (Phi) is 3.89. The standard InChI is InChI=1S/C33H24IN/c1-19-12-14-31-25(15-19)26-17-24-23-13-11-20(2)16-29(23)33(30(24)18-32(26)35(31)34)27-9-5-3-7-21(27)22-8-4-6-10-28(22)33/h3,5-7,9-18H,4,8H2,1-2H3. The Morgan fingerprint density at radius 1 is 0.714 bits per heavy atom. The number of halogens is 1. The summed E-state index contributed by atoms with van der Waals surface area (Å²) in [5.41, 5.74) is 16.6. The smallest absolute Gasteiger partial charge is 0.0723 e.